The van der Waals surface area contributed by atoms with Crippen LogP contribution in [0.2, 0.25) is 0 Å². The van der Waals surface area contributed by atoms with Crippen LogP contribution in [-0.2, 0) is 9.47 Å². The van der Waals surface area contributed by atoms with Crippen molar-refractivity contribution in [3.8, 4) is 6.07 Å². The minimum atomic E-state index is -0.497. The van der Waals surface area contributed by atoms with E-state index in [9.17, 15) is 4.79 Å². The molecule has 19 heavy (non-hydrogen) atoms. The predicted octanol–water partition coefficient (Wildman–Crippen LogP) is 1.13. The summed E-state index contributed by atoms with van der Waals surface area (Å²) in [5.74, 6) is 0. The molecule has 1 aliphatic rings. The number of amides is 1. The highest BCUT2D eigenvalue weighted by atomic mass is 16.6. The molecule has 6 heteroatoms. The molecule has 0 bridgehead atoms. The van der Waals surface area contributed by atoms with Crippen LogP contribution in [0.3, 0.4) is 0 Å². The Morgan fingerprint density at radius 1 is 1.47 bits per heavy atom. The molecule has 1 atom stereocenters. The first-order valence-corrected chi connectivity index (χ1v) is 6.60. The molecule has 1 amide bonds. The van der Waals surface area contributed by atoms with Gasteiger partial charge in [-0.1, -0.05) is 0 Å². The maximum atomic E-state index is 11.5. The molecule has 1 heterocycles. The van der Waals surface area contributed by atoms with Crippen LogP contribution in [0, 0.1) is 11.3 Å². The summed E-state index contributed by atoms with van der Waals surface area (Å²) in [5.41, 5.74) is -0.497. The molecular formula is C13H23N3O3. The number of rotatable bonds is 4. The highest BCUT2D eigenvalue weighted by molar-refractivity contribution is 5.67. The van der Waals surface area contributed by atoms with Gasteiger partial charge in [-0.2, -0.15) is 5.26 Å². The van der Waals surface area contributed by atoms with Crippen LogP contribution in [-0.4, -0.2) is 55.5 Å². The van der Waals surface area contributed by atoms with Gasteiger partial charge in [-0.3, -0.25) is 4.90 Å². The molecule has 1 N–H and O–H groups in total. The molecule has 6 nitrogen and oxygen atoms in total. The number of ether oxygens (including phenoxy) is 2. The Balaban J connectivity index is 2.26. The summed E-state index contributed by atoms with van der Waals surface area (Å²) >= 11 is 0. The largest absolute Gasteiger partial charge is 0.444 e. The fraction of sp³-hybridized carbons (Fsp3) is 0.846. The number of hydrogen-bond acceptors (Lipinski definition) is 5. The summed E-state index contributed by atoms with van der Waals surface area (Å²) in [6.07, 6.45) is 0.154. The number of carbonyl (C=O) groups excluding carboxylic acids is 1. The van der Waals surface area contributed by atoms with Crippen molar-refractivity contribution in [1.82, 2.24) is 10.2 Å². The Labute approximate surface area is 114 Å². The highest BCUT2D eigenvalue weighted by Crippen LogP contribution is 2.08. The van der Waals surface area contributed by atoms with Crippen LogP contribution >= 0.6 is 0 Å². The van der Waals surface area contributed by atoms with Gasteiger partial charge in [0, 0.05) is 19.6 Å². The van der Waals surface area contributed by atoms with Gasteiger partial charge >= 0.3 is 6.09 Å². The lowest BCUT2D eigenvalue weighted by molar-refractivity contribution is 0.0249. The lowest BCUT2D eigenvalue weighted by atomic mass is 10.2. The van der Waals surface area contributed by atoms with Crippen molar-refractivity contribution < 1.29 is 14.3 Å². The van der Waals surface area contributed by atoms with Crippen LogP contribution in [0.5, 0.6) is 0 Å². The van der Waals surface area contributed by atoms with E-state index in [1.54, 1.807) is 0 Å². The van der Waals surface area contributed by atoms with Gasteiger partial charge in [-0.15, -0.1) is 0 Å². The molecule has 1 saturated heterocycles. The smallest absolute Gasteiger partial charge is 0.407 e. The Morgan fingerprint density at radius 2 is 2.11 bits per heavy atom. The van der Waals surface area contributed by atoms with Crippen molar-refractivity contribution in [3.63, 3.8) is 0 Å². The topological polar surface area (TPSA) is 74.6 Å². The van der Waals surface area contributed by atoms with E-state index < -0.39 is 11.7 Å². The molecule has 0 aromatic heterocycles. The van der Waals surface area contributed by atoms with E-state index in [1.807, 2.05) is 20.8 Å². The van der Waals surface area contributed by atoms with Crippen LogP contribution in [0.15, 0.2) is 0 Å². The lowest BCUT2D eigenvalue weighted by Crippen LogP contribution is -2.44. The van der Waals surface area contributed by atoms with Crippen molar-refractivity contribution in [2.45, 2.75) is 38.8 Å². The summed E-state index contributed by atoms with van der Waals surface area (Å²) in [6, 6.07) is 2.09. The van der Waals surface area contributed by atoms with Crippen LogP contribution in [0.25, 0.3) is 0 Å². The zero-order chi connectivity index (χ0) is 14.3. The average Bonchev–Trinajstić information content (AvgIpc) is 2.33. The molecule has 0 aromatic carbocycles. The number of nitrogens with one attached hydrogen (secondary N) is 1. The maximum absolute atomic E-state index is 11.5. The van der Waals surface area contributed by atoms with Gasteiger partial charge < -0.3 is 14.8 Å². The molecule has 1 fully saturated rings. The van der Waals surface area contributed by atoms with E-state index in [4.69, 9.17) is 14.7 Å². The van der Waals surface area contributed by atoms with Crippen molar-refractivity contribution in [1.29, 1.82) is 5.26 Å². The minimum Gasteiger partial charge on any atom is -0.444 e. The second-order valence-electron chi connectivity index (χ2n) is 5.51. The Kier molecular flexibility index (Phi) is 6.06. The SMILES string of the molecule is CC(C)(C)OC(=O)NCCC(C#N)N1CCOCC1. The molecule has 1 unspecified atom stereocenters. The number of nitriles is 1. The van der Waals surface area contributed by atoms with Gasteiger partial charge in [0.15, 0.2) is 0 Å². The monoisotopic (exact) mass is 269 g/mol. The van der Waals surface area contributed by atoms with Gasteiger partial charge in [0.25, 0.3) is 0 Å². The Morgan fingerprint density at radius 3 is 2.63 bits per heavy atom. The third-order valence-electron chi connectivity index (χ3n) is 2.72. The first-order valence-electron chi connectivity index (χ1n) is 6.60. The first-order chi connectivity index (χ1) is 8.92. The molecule has 0 spiro atoms. The number of nitrogens with zero attached hydrogens (tertiary/aromatic N) is 2. The van der Waals surface area contributed by atoms with Crippen LogP contribution in [0.4, 0.5) is 4.79 Å². The standard InChI is InChI=1S/C13H23N3O3/c1-13(2,3)19-12(17)15-5-4-11(10-14)16-6-8-18-9-7-16/h11H,4-9H2,1-3H3,(H,15,17). The third kappa shape index (κ3) is 6.41. The van der Waals surface area contributed by atoms with E-state index >= 15 is 0 Å². The zero-order valence-corrected chi connectivity index (χ0v) is 11.9. The van der Waals surface area contributed by atoms with Gasteiger partial charge in [-0.05, 0) is 27.2 Å². The van der Waals surface area contributed by atoms with Gasteiger partial charge in [-0.25, -0.2) is 4.79 Å². The normalized spacial score (nSPS) is 18.4. The van der Waals surface area contributed by atoms with E-state index in [-0.39, 0.29) is 6.04 Å². The summed E-state index contributed by atoms with van der Waals surface area (Å²) < 4.78 is 10.4. The molecular weight excluding hydrogens is 246 g/mol. The van der Waals surface area contributed by atoms with E-state index in [0.29, 0.717) is 26.2 Å². The number of alkyl carbamates (subject to hydrolysis) is 1. The van der Waals surface area contributed by atoms with Gasteiger partial charge in [0.2, 0.25) is 0 Å². The Bertz CT molecular complexity index is 327. The summed E-state index contributed by atoms with van der Waals surface area (Å²) in [4.78, 5) is 13.5. The number of hydrogen-bond donors (Lipinski definition) is 1. The van der Waals surface area contributed by atoms with Crippen molar-refractivity contribution >= 4 is 6.09 Å². The first kappa shape index (κ1) is 15.7. The molecule has 108 valence electrons. The van der Waals surface area contributed by atoms with Crippen molar-refractivity contribution in [2.24, 2.45) is 0 Å². The minimum absolute atomic E-state index is 0.182. The fourth-order valence-electron chi connectivity index (χ4n) is 1.84. The summed E-state index contributed by atoms with van der Waals surface area (Å²) in [6.45, 7) is 8.75. The van der Waals surface area contributed by atoms with E-state index in [2.05, 4.69) is 16.3 Å². The molecule has 0 aromatic rings. The van der Waals surface area contributed by atoms with Crippen LogP contribution < -0.4 is 5.32 Å². The number of carbonyl (C=O) groups is 1. The molecule has 0 radical (unpaired) electrons. The van der Waals surface area contributed by atoms with Gasteiger partial charge in [0.05, 0.1) is 25.3 Å². The second-order valence-corrected chi connectivity index (χ2v) is 5.51. The van der Waals surface area contributed by atoms with Crippen molar-refractivity contribution in [3.05, 3.63) is 0 Å². The third-order valence-corrected chi connectivity index (χ3v) is 2.72. The molecule has 0 saturated carbocycles. The summed E-state index contributed by atoms with van der Waals surface area (Å²) in [7, 11) is 0. The molecule has 1 aliphatic heterocycles. The second kappa shape index (κ2) is 7.31. The highest BCUT2D eigenvalue weighted by Gasteiger charge is 2.21. The average molecular weight is 269 g/mol. The molecule has 1 rings (SSSR count). The van der Waals surface area contributed by atoms with E-state index in [0.717, 1.165) is 13.1 Å². The predicted molar refractivity (Wildman–Crippen MR) is 70.6 cm³/mol. The maximum Gasteiger partial charge on any atom is 0.407 e. The van der Waals surface area contributed by atoms with Gasteiger partial charge in [0.1, 0.15) is 5.60 Å². The Hall–Kier alpha value is -1.32. The van der Waals surface area contributed by atoms with Crippen LogP contribution in [0.1, 0.15) is 27.2 Å². The van der Waals surface area contributed by atoms with Crippen molar-refractivity contribution in [2.75, 3.05) is 32.8 Å². The summed E-state index contributed by atoms with van der Waals surface area (Å²) in [5, 5.41) is 11.8. The number of morpholine rings is 1. The molecule has 0 aliphatic carbocycles. The lowest BCUT2D eigenvalue weighted by Gasteiger charge is -2.30. The zero-order valence-electron chi connectivity index (χ0n) is 11.9. The fourth-order valence-corrected chi connectivity index (χ4v) is 1.84. The quantitative estimate of drug-likeness (QED) is 0.828. The van der Waals surface area contributed by atoms with E-state index in [1.165, 1.54) is 0 Å².